The Balaban J connectivity index is 2.22. The minimum Gasteiger partial charge on any atom is -0.444 e. The Morgan fingerprint density at radius 2 is 1.32 bits per heavy atom. The number of unbranched alkanes of at least 4 members (excludes halogenated alkanes) is 12. The fourth-order valence-electron chi connectivity index (χ4n) is 4.21. The Hall–Kier alpha value is -2.12. The smallest absolute Gasteiger partial charge is 0.408 e. The molecule has 0 saturated heterocycles. The summed E-state index contributed by atoms with van der Waals surface area (Å²) in [4.78, 5) is 24.2. The van der Waals surface area contributed by atoms with Gasteiger partial charge in [-0.1, -0.05) is 96.1 Å². The lowest BCUT2D eigenvalue weighted by molar-refractivity contribution is -0.116. The Kier molecular flexibility index (Phi) is 16.9. The molecule has 0 fully saturated rings. The van der Waals surface area contributed by atoms with Crippen LogP contribution in [0.15, 0.2) is 24.3 Å². The van der Waals surface area contributed by atoms with Crippen LogP contribution in [0, 0.1) is 0 Å². The van der Waals surface area contributed by atoms with Crippen LogP contribution >= 0.6 is 0 Å². The highest BCUT2D eigenvalue weighted by atomic mass is 16.6. The second kappa shape index (κ2) is 19.0. The van der Waals surface area contributed by atoms with Gasteiger partial charge in [-0.05, 0) is 44.9 Å². The number of aliphatic hydroxyl groups excluding tert-OH is 2. The van der Waals surface area contributed by atoms with E-state index in [0.29, 0.717) is 17.7 Å². The second-order valence-corrected chi connectivity index (χ2v) is 11.0. The fraction of sp³-hybridized carbons (Fsp3) is 0.733. The maximum Gasteiger partial charge on any atom is 0.408 e. The van der Waals surface area contributed by atoms with Gasteiger partial charge in [0.2, 0.25) is 5.91 Å². The Labute approximate surface area is 224 Å². The molecule has 7 nitrogen and oxygen atoms in total. The number of hydrogen-bond acceptors (Lipinski definition) is 5. The van der Waals surface area contributed by atoms with Gasteiger partial charge < -0.3 is 25.6 Å². The van der Waals surface area contributed by atoms with Gasteiger partial charge in [0.15, 0.2) is 0 Å². The normalized spacial score (nSPS) is 13.1. The Morgan fingerprint density at radius 3 is 1.78 bits per heavy atom. The zero-order chi connectivity index (χ0) is 27.5. The SMILES string of the molecule is CCCCCCCCCCCCCCCC(=O)Nc1ccc(C(O)[C@@H](CO)NC(=O)OC(C)(C)C)cc1. The van der Waals surface area contributed by atoms with Crippen LogP contribution in [0.1, 0.15) is 129 Å². The monoisotopic (exact) mass is 520 g/mol. The van der Waals surface area contributed by atoms with E-state index in [2.05, 4.69) is 17.6 Å². The van der Waals surface area contributed by atoms with Crippen molar-refractivity contribution in [2.24, 2.45) is 0 Å². The molecular weight excluding hydrogens is 468 g/mol. The summed E-state index contributed by atoms with van der Waals surface area (Å²) < 4.78 is 5.19. The molecule has 1 aromatic carbocycles. The van der Waals surface area contributed by atoms with Crippen molar-refractivity contribution in [2.75, 3.05) is 11.9 Å². The summed E-state index contributed by atoms with van der Waals surface area (Å²) in [6.45, 7) is 7.02. The summed E-state index contributed by atoms with van der Waals surface area (Å²) in [5, 5.41) is 25.6. The van der Waals surface area contributed by atoms with E-state index < -0.39 is 30.4 Å². The molecule has 1 rings (SSSR count). The molecule has 0 aromatic heterocycles. The predicted octanol–water partition coefficient (Wildman–Crippen LogP) is 7.03. The first-order chi connectivity index (χ1) is 17.7. The van der Waals surface area contributed by atoms with Crippen molar-refractivity contribution in [3.8, 4) is 0 Å². The van der Waals surface area contributed by atoms with Gasteiger partial charge in [-0.15, -0.1) is 0 Å². The molecular formula is C30H52N2O5. The lowest BCUT2D eigenvalue weighted by Gasteiger charge is -2.25. The molecule has 4 N–H and O–H groups in total. The first kappa shape index (κ1) is 32.9. The lowest BCUT2D eigenvalue weighted by Crippen LogP contribution is -2.44. The van der Waals surface area contributed by atoms with Gasteiger partial charge in [0.25, 0.3) is 0 Å². The third kappa shape index (κ3) is 16.4. The van der Waals surface area contributed by atoms with E-state index in [9.17, 15) is 19.8 Å². The van der Waals surface area contributed by atoms with Crippen LogP contribution in [-0.2, 0) is 9.53 Å². The maximum atomic E-state index is 12.3. The molecule has 0 aliphatic rings. The molecule has 7 heteroatoms. The van der Waals surface area contributed by atoms with E-state index in [4.69, 9.17) is 4.74 Å². The summed E-state index contributed by atoms with van der Waals surface area (Å²) >= 11 is 0. The van der Waals surface area contributed by atoms with E-state index in [1.165, 1.54) is 70.6 Å². The van der Waals surface area contributed by atoms with Crippen molar-refractivity contribution in [3.63, 3.8) is 0 Å². The first-order valence-electron chi connectivity index (χ1n) is 14.3. The van der Waals surface area contributed by atoms with Crippen LogP contribution in [-0.4, -0.2) is 40.5 Å². The van der Waals surface area contributed by atoms with Gasteiger partial charge >= 0.3 is 6.09 Å². The number of hydrogen-bond donors (Lipinski definition) is 4. The zero-order valence-electron chi connectivity index (χ0n) is 23.7. The standard InChI is InChI=1S/C30H52N2O5/c1-5-6-7-8-9-10-11-12-13-14-15-16-17-18-27(34)31-25-21-19-24(20-22-25)28(35)26(23-33)32-29(36)37-30(2,3)4/h19-22,26,28,33,35H,5-18,23H2,1-4H3,(H,31,34)(H,32,36)/t26-,28?/m1/s1. The van der Waals surface area contributed by atoms with Crippen molar-refractivity contribution in [2.45, 2.75) is 135 Å². The molecule has 1 unspecified atom stereocenters. The summed E-state index contributed by atoms with van der Waals surface area (Å²) in [6, 6.07) is 5.85. The van der Waals surface area contributed by atoms with E-state index in [0.717, 1.165) is 12.8 Å². The minimum atomic E-state index is -1.12. The van der Waals surface area contributed by atoms with Gasteiger partial charge in [0.05, 0.1) is 12.6 Å². The molecule has 0 aliphatic heterocycles. The average Bonchev–Trinajstić information content (AvgIpc) is 2.84. The van der Waals surface area contributed by atoms with Gasteiger partial charge in [0, 0.05) is 12.1 Å². The molecule has 0 saturated carbocycles. The van der Waals surface area contributed by atoms with Crippen molar-refractivity contribution in [3.05, 3.63) is 29.8 Å². The predicted molar refractivity (Wildman–Crippen MR) is 151 cm³/mol. The van der Waals surface area contributed by atoms with Crippen LogP contribution in [0.2, 0.25) is 0 Å². The van der Waals surface area contributed by atoms with Gasteiger partial charge in [0.1, 0.15) is 11.7 Å². The number of benzene rings is 1. The van der Waals surface area contributed by atoms with Crippen molar-refractivity contribution in [1.82, 2.24) is 5.32 Å². The Morgan fingerprint density at radius 1 is 0.838 bits per heavy atom. The topological polar surface area (TPSA) is 108 Å². The summed E-state index contributed by atoms with van der Waals surface area (Å²) in [7, 11) is 0. The zero-order valence-corrected chi connectivity index (χ0v) is 23.7. The molecule has 0 radical (unpaired) electrons. The molecule has 1 aromatic rings. The highest BCUT2D eigenvalue weighted by Crippen LogP contribution is 2.20. The largest absolute Gasteiger partial charge is 0.444 e. The molecule has 0 spiro atoms. The number of anilines is 1. The molecule has 0 heterocycles. The first-order valence-corrected chi connectivity index (χ1v) is 14.3. The molecule has 212 valence electrons. The van der Waals surface area contributed by atoms with Crippen molar-refractivity contribution < 1.29 is 24.5 Å². The lowest BCUT2D eigenvalue weighted by atomic mass is 10.0. The molecule has 0 bridgehead atoms. The summed E-state index contributed by atoms with van der Waals surface area (Å²) in [5.74, 6) is -0.0174. The highest BCUT2D eigenvalue weighted by molar-refractivity contribution is 5.90. The van der Waals surface area contributed by atoms with E-state index in [-0.39, 0.29) is 5.91 Å². The third-order valence-electron chi connectivity index (χ3n) is 6.32. The number of carbonyl (C=O) groups is 2. The quantitative estimate of drug-likeness (QED) is 0.147. The molecule has 0 aliphatic carbocycles. The van der Waals surface area contributed by atoms with Crippen LogP contribution in [0.5, 0.6) is 0 Å². The van der Waals surface area contributed by atoms with E-state index in [1.807, 2.05) is 0 Å². The van der Waals surface area contributed by atoms with Crippen molar-refractivity contribution in [1.29, 1.82) is 0 Å². The van der Waals surface area contributed by atoms with Crippen LogP contribution < -0.4 is 10.6 Å². The molecule has 2 amide bonds. The number of rotatable bonds is 19. The molecule has 37 heavy (non-hydrogen) atoms. The summed E-state index contributed by atoms with van der Waals surface area (Å²) in [6.07, 6.45) is 15.2. The van der Waals surface area contributed by atoms with Gasteiger partial charge in [-0.3, -0.25) is 4.79 Å². The Bertz CT molecular complexity index is 745. The highest BCUT2D eigenvalue weighted by Gasteiger charge is 2.25. The van der Waals surface area contributed by atoms with Crippen molar-refractivity contribution >= 4 is 17.7 Å². The number of ether oxygens (including phenoxy) is 1. The number of aliphatic hydroxyl groups is 2. The van der Waals surface area contributed by atoms with Gasteiger partial charge in [-0.25, -0.2) is 4.79 Å². The number of alkyl carbamates (subject to hydrolysis) is 1. The minimum absolute atomic E-state index is 0.0174. The van der Waals surface area contributed by atoms with Crippen LogP contribution in [0.4, 0.5) is 10.5 Å². The van der Waals surface area contributed by atoms with E-state index in [1.54, 1.807) is 45.0 Å². The number of carbonyl (C=O) groups excluding carboxylic acids is 2. The number of amides is 2. The third-order valence-corrected chi connectivity index (χ3v) is 6.32. The maximum absolute atomic E-state index is 12.3. The summed E-state index contributed by atoms with van der Waals surface area (Å²) in [5.41, 5.74) is 0.489. The van der Waals surface area contributed by atoms with E-state index >= 15 is 0 Å². The van der Waals surface area contributed by atoms with Crippen LogP contribution in [0.3, 0.4) is 0 Å². The fourth-order valence-corrected chi connectivity index (χ4v) is 4.21. The van der Waals surface area contributed by atoms with Crippen LogP contribution in [0.25, 0.3) is 0 Å². The number of nitrogens with one attached hydrogen (secondary N) is 2. The van der Waals surface area contributed by atoms with Gasteiger partial charge in [-0.2, -0.15) is 0 Å². The average molecular weight is 521 g/mol. The molecule has 2 atom stereocenters. The second-order valence-electron chi connectivity index (χ2n) is 11.0.